The van der Waals surface area contributed by atoms with Crippen LogP contribution >= 0.6 is 11.6 Å². The molecule has 0 fully saturated rings. The number of benzene rings is 1. The van der Waals surface area contributed by atoms with Gasteiger partial charge >= 0.3 is 12.1 Å². The Balaban J connectivity index is 2.93. The Bertz CT molecular complexity index is 433. The first kappa shape index (κ1) is 14.3. The fraction of sp³-hybridized carbons (Fsp3) is 0.333. The highest BCUT2D eigenvalue weighted by atomic mass is 35.5. The Hall–Kier alpha value is -1.75. The van der Waals surface area contributed by atoms with Gasteiger partial charge in [0, 0.05) is 31.4 Å². The second-order valence-corrected chi connectivity index (χ2v) is 4.05. The molecule has 0 spiro atoms. The van der Waals surface area contributed by atoms with E-state index < -0.39 is 6.03 Å². The molecule has 1 aromatic carbocycles. The first-order chi connectivity index (χ1) is 8.51. The zero-order valence-electron chi connectivity index (χ0n) is 10.6. The molecule has 0 radical (unpaired) electrons. The van der Waals surface area contributed by atoms with Gasteiger partial charge in [-0.1, -0.05) is 11.6 Å². The zero-order valence-corrected chi connectivity index (χ0v) is 11.4. The van der Waals surface area contributed by atoms with E-state index in [1.165, 1.54) is 19.0 Å². The molecule has 1 aromatic rings. The zero-order chi connectivity index (χ0) is 13.7. The second-order valence-electron chi connectivity index (χ2n) is 3.62. The van der Waals surface area contributed by atoms with E-state index in [-0.39, 0.29) is 6.03 Å². The maximum atomic E-state index is 12.1. The third kappa shape index (κ3) is 3.13. The average molecular weight is 270 g/mol. The van der Waals surface area contributed by atoms with Crippen LogP contribution in [0.25, 0.3) is 0 Å². The summed E-state index contributed by atoms with van der Waals surface area (Å²) < 4.78 is 0. The maximum absolute atomic E-state index is 12.1. The molecule has 1 rings (SSSR count). The highest BCUT2D eigenvalue weighted by Gasteiger charge is 2.22. The van der Waals surface area contributed by atoms with Crippen molar-refractivity contribution in [3.63, 3.8) is 0 Å². The van der Waals surface area contributed by atoms with E-state index in [4.69, 9.17) is 11.6 Å². The SMILES string of the molecule is CCN(C(=O)N(C)C(=O)NC)c1ccc(Cl)cc1. The fourth-order valence-electron chi connectivity index (χ4n) is 1.48. The highest BCUT2D eigenvalue weighted by Crippen LogP contribution is 2.18. The van der Waals surface area contributed by atoms with E-state index in [0.717, 1.165) is 4.90 Å². The van der Waals surface area contributed by atoms with Crippen molar-refractivity contribution >= 4 is 29.4 Å². The number of hydrogen-bond donors (Lipinski definition) is 1. The van der Waals surface area contributed by atoms with Gasteiger partial charge in [-0.05, 0) is 31.2 Å². The van der Waals surface area contributed by atoms with Gasteiger partial charge in [0.1, 0.15) is 0 Å². The number of nitrogens with one attached hydrogen (secondary N) is 1. The summed E-state index contributed by atoms with van der Waals surface area (Å²) in [4.78, 5) is 26.0. The topological polar surface area (TPSA) is 52.7 Å². The predicted molar refractivity (Wildman–Crippen MR) is 72.1 cm³/mol. The number of imide groups is 1. The van der Waals surface area contributed by atoms with E-state index in [0.29, 0.717) is 17.3 Å². The smallest absolute Gasteiger partial charge is 0.332 e. The number of anilines is 1. The third-order valence-electron chi connectivity index (χ3n) is 2.49. The first-order valence-corrected chi connectivity index (χ1v) is 5.91. The van der Waals surface area contributed by atoms with Gasteiger partial charge in [0.25, 0.3) is 0 Å². The summed E-state index contributed by atoms with van der Waals surface area (Å²) in [5.41, 5.74) is 0.697. The van der Waals surface area contributed by atoms with Gasteiger partial charge in [-0.3, -0.25) is 4.90 Å². The van der Waals surface area contributed by atoms with Gasteiger partial charge in [-0.15, -0.1) is 0 Å². The minimum Gasteiger partial charge on any atom is -0.341 e. The van der Waals surface area contributed by atoms with Crippen LogP contribution in [-0.2, 0) is 0 Å². The molecule has 0 aliphatic rings. The molecule has 0 atom stereocenters. The molecule has 0 aromatic heterocycles. The number of halogens is 1. The van der Waals surface area contributed by atoms with Gasteiger partial charge in [0.05, 0.1) is 0 Å². The molecule has 0 saturated carbocycles. The van der Waals surface area contributed by atoms with E-state index in [1.807, 2.05) is 6.92 Å². The molecule has 0 aliphatic heterocycles. The van der Waals surface area contributed by atoms with Crippen molar-refractivity contribution < 1.29 is 9.59 Å². The van der Waals surface area contributed by atoms with E-state index >= 15 is 0 Å². The number of rotatable bonds is 2. The summed E-state index contributed by atoms with van der Waals surface area (Å²) in [6.45, 7) is 2.30. The number of urea groups is 2. The molecule has 5 nitrogen and oxygen atoms in total. The van der Waals surface area contributed by atoms with E-state index in [1.54, 1.807) is 24.3 Å². The van der Waals surface area contributed by atoms with Crippen molar-refractivity contribution in [2.45, 2.75) is 6.92 Å². The molecule has 0 bridgehead atoms. The summed E-state index contributed by atoms with van der Waals surface area (Å²) in [6, 6.07) is 6.04. The molecular formula is C12H16ClN3O2. The lowest BCUT2D eigenvalue weighted by atomic mass is 10.3. The number of carbonyl (C=O) groups excluding carboxylic acids is 2. The third-order valence-corrected chi connectivity index (χ3v) is 2.74. The van der Waals surface area contributed by atoms with Gasteiger partial charge in [-0.25, -0.2) is 14.5 Å². The Morgan fingerprint density at radius 2 is 1.83 bits per heavy atom. The maximum Gasteiger partial charge on any atom is 0.332 e. The van der Waals surface area contributed by atoms with Crippen LogP contribution in [0.3, 0.4) is 0 Å². The van der Waals surface area contributed by atoms with Crippen molar-refractivity contribution in [1.82, 2.24) is 10.2 Å². The van der Waals surface area contributed by atoms with E-state index in [9.17, 15) is 9.59 Å². The van der Waals surface area contributed by atoms with Crippen LogP contribution in [0.2, 0.25) is 5.02 Å². The monoisotopic (exact) mass is 269 g/mol. The average Bonchev–Trinajstić information content (AvgIpc) is 2.39. The number of amides is 4. The molecule has 98 valence electrons. The lowest BCUT2D eigenvalue weighted by Gasteiger charge is -2.25. The summed E-state index contributed by atoms with van der Waals surface area (Å²) in [5, 5.41) is 3.00. The molecule has 0 heterocycles. The van der Waals surface area contributed by atoms with Crippen LogP contribution in [0.4, 0.5) is 15.3 Å². The Morgan fingerprint density at radius 3 is 2.28 bits per heavy atom. The number of carbonyl (C=O) groups is 2. The van der Waals surface area contributed by atoms with Gasteiger partial charge in [0.15, 0.2) is 0 Å². The van der Waals surface area contributed by atoms with Crippen LogP contribution in [-0.4, -0.2) is 37.6 Å². The molecule has 0 aliphatic carbocycles. The molecule has 1 N–H and O–H groups in total. The van der Waals surface area contributed by atoms with Crippen LogP contribution < -0.4 is 10.2 Å². The van der Waals surface area contributed by atoms with Gasteiger partial charge in [-0.2, -0.15) is 0 Å². The molecular weight excluding hydrogens is 254 g/mol. The van der Waals surface area contributed by atoms with E-state index in [2.05, 4.69) is 5.32 Å². The lowest BCUT2D eigenvalue weighted by molar-refractivity contribution is 0.200. The van der Waals surface area contributed by atoms with Gasteiger partial charge in [0.2, 0.25) is 0 Å². The Labute approximate surface area is 111 Å². The number of nitrogens with zero attached hydrogens (tertiary/aromatic N) is 2. The van der Waals surface area contributed by atoms with Crippen molar-refractivity contribution in [2.75, 3.05) is 25.5 Å². The molecule has 6 heteroatoms. The molecule has 0 unspecified atom stereocenters. The van der Waals surface area contributed by atoms with Crippen molar-refractivity contribution in [1.29, 1.82) is 0 Å². The van der Waals surface area contributed by atoms with Crippen molar-refractivity contribution in [3.8, 4) is 0 Å². The summed E-state index contributed by atoms with van der Waals surface area (Å²) in [6.07, 6.45) is 0. The minimum absolute atomic E-state index is 0.390. The highest BCUT2D eigenvalue weighted by molar-refractivity contribution is 6.30. The normalized spacial score (nSPS) is 9.78. The van der Waals surface area contributed by atoms with Crippen LogP contribution in [0.5, 0.6) is 0 Å². The van der Waals surface area contributed by atoms with Crippen LogP contribution in [0.1, 0.15) is 6.92 Å². The largest absolute Gasteiger partial charge is 0.341 e. The standard InChI is InChI=1S/C12H16ClN3O2/c1-4-16(10-7-5-9(13)6-8-10)12(18)15(3)11(17)14-2/h5-8H,4H2,1-3H3,(H,14,17). The quantitative estimate of drug-likeness (QED) is 0.897. The lowest BCUT2D eigenvalue weighted by Crippen LogP contribution is -2.47. The Morgan fingerprint density at radius 1 is 1.28 bits per heavy atom. The molecule has 18 heavy (non-hydrogen) atoms. The van der Waals surface area contributed by atoms with Crippen molar-refractivity contribution in [2.24, 2.45) is 0 Å². The fourth-order valence-corrected chi connectivity index (χ4v) is 1.61. The summed E-state index contributed by atoms with van der Waals surface area (Å²) >= 11 is 5.80. The second kappa shape index (κ2) is 6.26. The van der Waals surface area contributed by atoms with Crippen LogP contribution in [0.15, 0.2) is 24.3 Å². The summed E-state index contributed by atoms with van der Waals surface area (Å²) in [7, 11) is 2.91. The predicted octanol–water partition coefficient (Wildman–Crippen LogP) is 2.56. The molecule has 4 amide bonds. The number of hydrogen-bond acceptors (Lipinski definition) is 2. The van der Waals surface area contributed by atoms with Crippen molar-refractivity contribution in [3.05, 3.63) is 29.3 Å². The van der Waals surface area contributed by atoms with Crippen LogP contribution in [0, 0.1) is 0 Å². The van der Waals surface area contributed by atoms with Gasteiger partial charge < -0.3 is 5.32 Å². The summed E-state index contributed by atoms with van der Waals surface area (Å²) in [5.74, 6) is 0. The first-order valence-electron chi connectivity index (χ1n) is 5.53. The molecule has 0 saturated heterocycles. The minimum atomic E-state index is -0.451. The Kier molecular flexibility index (Phi) is 4.97.